The molecule has 80 valence electrons. The van der Waals surface area contributed by atoms with Crippen LogP contribution in [0, 0.1) is 12.8 Å². The second-order valence-electron chi connectivity index (χ2n) is 3.84. The molecule has 4 heteroatoms. The number of carbonyl (C=O) groups excluding carboxylic acids is 1. The normalized spacial score (nSPS) is 17.1. The van der Waals surface area contributed by atoms with Crippen molar-refractivity contribution in [1.29, 1.82) is 0 Å². The highest BCUT2D eigenvalue weighted by atomic mass is 32.1. The zero-order chi connectivity index (χ0) is 10.8. The Balaban J connectivity index is 2.12. The van der Waals surface area contributed by atoms with E-state index < -0.39 is 0 Å². The molecule has 2 rings (SSSR count). The Bertz CT molecular complexity index is 382. The van der Waals surface area contributed by atoms with E-state index in [4.69, 9.17) is 0 Å². The van der Waals surface area contributed by atoms with E-state index in [0.717, 1.165) is 5.01 Å². The number of aryl methyl sites for hydroxylation is 1. The topological polar surface area (TPSA) is 42.0 Å². The van der Waals surface area contributed by atoms with Crippen molar-refractivity contribution in [3.8, 4) is 0 Å². The van der Waals surface area contributed by atoms with E-state index in [1.807, 2.05) is 13.1 Å². The fraction of sp³-hybridized carbons (Fsp3) is 0.455. The molecule has 0 saturated heterocycles. The number of nitrogens with zero attached hydrogens (tertiary/aromatic N) is 1. The highest BCUT2D eigenvalue weighted by Gasteiger charge is 2.34. The Morgan fingerprint density at radius 3 is 3.00 bits per heavy atom. The van der Waals surface area contributed by atoms with E-state index in [1.165, 1.54) is 23.8 Å². The van der Waals surface area contributed by atoms with Gasteiger partial charge in [-0.15, -0.1) is 11.3 Å². The lowest BCUT2D eigenvalue weighted by Crippen LogP contribution is -2.28. The van der Waals surface area contributed by atoms with Crippen molar-refractivity contribution in [1.82, 2.24) is 10.3 Å². The molecule has 1 fully saturated rings. The summed E-state index contributed by atoms with van der Waals surface area (Å²) in [4.78, 5) is 16.8. The number of aromatic nitrogens is 1. The maximum atomic E-state index is 11.3. The molecule has 1 amide bonds. The summed E-state index contributed by atoms with van der Waals surface area (Å²) in [6.45, 7) is 5.49. The average molecular weight is 222 g/mol. The Morgan fingerprint density at radius 1 is 1.80 bits per heavy atom. The van der Waals surface area contributed by atoms with Crippen LogP contribution < -0.4 is 5.32 Å². The van der Waals surface area contributed by atoms with Gasteiger partial charge in [0.05, 0.1) is 6.04 Å². The molecule has 1 aromatic heterocycles. The van der Waals surface area contributed by atoms with Crippen LogP contribution in [-0.2, 0) is 4.79 Å². The molecule has 1 saturated carbocycles. The fourth-order valence-corrected chi connectivity index (χ4v) is 2.46. The largest absolute Gasteiger partial charge is 0.343 e. The summed E-state index contributed by atoms with van der Waals surface area (Å²) >= 11 is 1.66. The molecule has 1 heterocycles. The second-order valence-corrected chi connectivity index (χ2v) is 5.10. The van der Waals surface area contributed by atoms with Crippen LogP contribution >= 0.6 is 11.3 Å². The number of nitrogens with one attached hydrogen (secondary N) is 1. The van der Waals surface area contributed by atoms with Crippen LogP contribution in [-0.4, -0.2) is 10.9 Å². The molecular weight excluding hydrogens is 208 g/mol. The summed E-state index contributed by atoms with van der Waals surface area (Å²) in [6, 6.07) is 0.0919. The molecule has 1 N–H and O–H groups in total. The third kappa shape index (κ3) is 2.45. The predicted octanol–water partition coefficient (Wildman–Crippen LogP) is 2.20. The first-order chi connectivity index (χ1) is 7.20. The van der Waals surface area contributed by atoms with Gasteiger partial charge in [0, 0.05) is 11.1 Å². The lowest BCUT2D eigenvalue weighted by molar-refractivity contribution is -0.117. The summed E-state index contributed by atoms with van der Waals surface area (Å²) in [5.41, 5.74) is 0. The number of hydrogen-bond acceptors (Lipinski definition) is 3. The molecule has 1 aromatic rings. The monoisotopic (exact) mass is 222 g/mol. The molecule has 1 aliphatic rings. The third-order valence-electron chi connectivity index (χ3n) is 2.48. The number of carbonyl (C=O) groups is 1. The molecule has 1 atom stereocenters. The van der Waals surface area contributed by atoms with Crippen molar-refractivity contribution in [3.63, 3.8) is 0 Å². The molecular formula is C11H14N2OS. The van der Waals surface area contributed by atoms with Gasteiger partial charge < -0.3 is 5.32 Å². The smallest absolute Gasteiger partial charge is 0.243 e. The molecule has 0 unspecified atom stereocenters. The van der Waals surface area contributed by atoms with Gasteiger partial charge >= 0.3 is 0 Å². The van der Waals surface area contributed by atoms with E-state index in [0.29, 0.717) is 5.92 Å². The molecule has 0 aromatic carbocycles. The zero-order valence-electron chi connectivity index (χ0n) is 8.69. The summed E-state index contributed by atoms with van der Waals surface area (Å²) in [5, 5.41) is 3.97. The van der Waals surface area contributed by atoms with Crippen LogP contribution in [0.2, 0.25) is 0 Å². The van der Waals surface area contributed by atoms with E-state index in [-0.39, 0.29) is 11.9 Å². The quantitative estimate of drug-likeness (QED) is 0.794. The average Bonchev–Trinajstić information content (AvgIpc) is 2.97. The van der Waals surface area contributed by atoms with Gasteiger partial charge in [0.25, 0.3) is 0 Å². The van der Waals surface area contributed by atoms with E-state index >= 15 is 0 Å². The first kappa shape index (κ1) is 10.4. The van der Waals surface area contributed by atoms with Crippen molar-refractivity contribution in [2.45, 2.75) is 25.8 Å². The fourth-order valence-electron chi connectivity index (χ4n) is 1.54. The first-order valence-corrected chi connectivity index (χ1v) is 5.87. The lowest BCUT2D eigenvalue weighted by atomic mass is 10.2. The number of rotatable bonds is 4. The van der Waals surface area contributed by atoms with E-state index in [9.17, 15) is 4.79 Å². The van der Waals surface area contributed by atoms with E-state index in [2.05, 4.69) is 16.9 Å². The molecule has 0 spiro atoms. The van der Waals surface area contributed by atoms with Crippen molar-refractivity contribution in [2.24, 2.45) is 5.92 Å². The van der Waals surface area contributed by atoms with Crippen molar-refractivity contribution in [3.05, 3.63) is 28.7 Å². The van der Waals surface area contributed by atoms with Crippen LogP contribution in [0.1, 0.15) is 28.8 Å². The predicted molar refractivity (Wildman–Crippen MR) is 60.7 cm³/mol. The van der Waals surface area contributed by atoms with Crippen LogP contribution in [0.4, 0.5) is 0 Å². The lowest BCUT2D eigenvalue weighted by Gasteiger charge is -2.14. The van der Waals surface area contributed by atoms with Crippen LogP contribution in [0.3, 0.4) is 0 Å². The summed E-state index contributed by atoms with van der Waals surface area (Å²) in [6.07, 6.45) is 5.53. The van der Waals surface area contributed by atoms with Gasteiger partial charge in [0.15, 0.2) is 0 Å². The minimum Gasteiger partial charge on any atom is -0.343 e. The highest BCUT2D eigenvalue weighted by Crippen LogP contribution is 2.41. The van der Waals surface area contributed by atoms with Crippen molar-refractivity contribution in [2.75, 3.05) is 0 Å². The number of hydrogen-bond donors (Lipinski definition) is 1. The summed E-state index contributed by atoms with van der Waals surface area (Å²) < 4.78 is 0. The summed E-state index contributed by atoms with van der Waals surface area (Å²) in [7, 11) is 0. The highest BCUT2D eigenvalue weighted by molar-refractivity contribution is 7.11. The van der Waals surface area contributed by atoms with Crippen LogP contribution in [0.25, 0.3) is 0 Å². The Kier molecular flexibility index (Phi) is 2.86. The van der Waals surface area contributed by atoms with Crippen molar-refractivity contribution < 1.29 is 4.79 Å². The molecule has 0 radical (unpaired) electrons. The molecule has 15 heavy (non-hydrogen) atoms. The minimum absolute atomic E-state index is 0.0919. The molecule has 3 nitrogen and oxygen atoms in total. The third-order valence-corrected chi connectivity index (χ3v) is 3.48. The molecule has 0 aliphatic heterocycles. The Morgan fingerprint density at radius 2 is 2.53 bits per heavy atom. The minimum atomic E-state index is -0.111. The second kappa shape index (κ2) is 4.14. The van der Waals surface area contributed by atoms with Gasteiger partial charge in [-0.25, -0.2) is 4.98 Å². The van der Waals surface area contributed by atoms with E-state index in [1.54, 1.807) is 11.3 Å². The maximum Gasteiger partial charge on any atom is 0.243 e. The van der Waals surface area contributed by atoms with Gasteiger partial charge in [-0.05, 0) is 31.8 Å². The van der Waals surface area contributed by atoms with Gasteiger partial charge in [-0.1, -0.05) is 6.58 Å². The number of thiazole rings is 1. The van der Waals surface area contributed by atoms with Gasteiger partial charge in [0.1, 0.15) is 5.01 Å². The van der Waals surface area contributed by atoms with Crippen LogP contribution in [0.15, 0.2) is 18.9 Å². The standard InChI is InChI=1S/C11H14N2OS/c1-3-9(14)13-10(8-4-5-8)11-12-6-7(2)15-11/h3,6,8,10H,1,4-5H2,2H3,(H,13,14)/t10-/m1/s1. The number of amides is 1. The van der Waals surface area contributed by atoms with Crippen LogP contribution in [0.5, 0.6) is 0 Å². The maximum absolute atomic E-state index is 11.3. The Labute approximate surface area is 93.2 Å². The SMILES string of the molecule is C=CC(=O)N[C@@H](c1ncc(C)s1)C1CC1. The summed E-state index contributed by atoms with van der Waals surface area (Å²) in [5.74, 6) is 0.458. The zero-order valence-corrected chi connectivity index (χ0v) is 9.51. The van der Waals surface area contributed by atoms with Gasteiger partial charge in [-0.3, -0.25) is 4.79 Å². The first-order valence-electron chi connectivity index (χ1n) is 5.06. The Hall–Kier alpha value is -1.16. The van der Waals surface area contributed by atoms with Crippen molar-refractivity contribution >= 4 is 17.2 Å². The molecule has 1 aliphatic carbocycles. The molecule has 0 bridgehead atoms. The van der Waals surface area contributed by atoms with Gasteiger partial charge in [-0.2, -0.15) is 0 Å². The van der Waals surface area contributed by atoms with Gasteiger partial charge in [0.2, 0.25) is 5.91 Å².